The van der Waals surface area contributed by atoms with Gasteiger partial charge in [-0.05, 0) is 18.2 Å². The third-order valence-corrected chi connectivity index (χ3v) is 2.38. The van der Waals surface area contributed by atoms with Gasteiger partial charge in [0, 0.05) is 24.0 Å². The first-order valence-electron chi connectivity index (χ1n) is 5.36. The van der Waals surface area contributed by atoms with Crippen molar-refractivity contribution in [2.45, 2.75) is 6.55 Å². The van der Waals surface area contributed by atoms with E-state index < -0.39 is 17.4 Å². The number of nitro benzene ring substituents is 1. The Labute approximate surface area is 111 Å². The molecular formula is C11H8F2N4O3. The molecule has 0 radical (unpaired) electrons. The fraction of sp³-hybridized carbons (Fsp3) is 0.0909. The van der Waals surface area contributed by atoms with Crippen LogP contribution in [0.25, 0.3) is 0 Å². The summed E-state index contributed by atoms with van der Waals surface area (Å²) in [6.07, 6.45) is 0.982. The van der Waals surface area contributed by atoms with Crippen molar-refractivity contribution in [2.75, 3.05) is 5.32 Å². The summed E-state index contributed by atoms with van der Waals surface area (Å²) in [5.74, 6) is -0.682. The number of anilines is 1. The van der Waals surface area contributed by atoms with Gasteiger partial charge in [0.05, 0.1) is 4.92 Å². The van der Waals surface area contributed by atoms with Gasteiger partial charge in [-0.1, -0.05) is 0 Å². The van der Waals surface area contributed by atoms with E-state index in [1.165, 1.54) is 24.3 Å². The van der Waals surface area contributed by atoms with Gasteiger partial charge in [-0.15, -0.1) is 0 Å². The molecule has 0 atom stereocenters. The summed E-state index contributed by atoms with van der Waals surface area (Å²) in [5.41, 5.74) is 0.000766. The van der Waals surface area contributed by atoms with Crippen molar-refractivity contribution < 1.29 is 18.5 Å². The third kappa shape index (κ3) is 2.94. The summed E-state index contributed by atoms with van der Waals surface area (Å²) in [6.45, 7) is -2.82. The van der Waals surface area contributed by atoms with Crippen LogP contribution in [0, 0.1) is 10.1 Å². The van der Waals surface area contributed by atoms with Crippen molar-refractivity contribution in [2.24, 2.45) is 0 Å². The van der Waals surface area contributed by atoms with Gasteiger partial charge in [0.25, 0.3) is 11.6 Å². The monoisotopic (exact) mass is 282 g/mol. The van der Waals surface area contributed by atoms with Crippen LogP contribution in [0.4, 0.5) is 20.2 Å². The number of hydrogen-bond acceptors (Lipinski definition) is 4. The van der Waals surface area contributed by atoms with Crippen LogP contribution in [0.1, 0.15) is 17.0 Å². The zero-order valence-corrected chi connectivity index (χ0v) is 9.86. The lowest BCUT2D eigenvalue weighted by Crippen LogP contribution is -2.13. The standard InChI is InChI=1S/C11H8F2N4O3/c12-11(13)16-6-5-9(15-16)10(18)14-7-1-3-8(4-2-7)17(19)20/h1-6,11H,(H,14,18). The zero-order chi connectivity index (χ0) is 14.7. The van der Waals surface area contributed by atoms with Crippen LogP contribution in [0.3, 0.4) is 0 Å². The Bertz CT molecular complexity index is 639. The first kappa shape index (κ1) is 13.6. The molecule has 2 rings (SSSR count). The lowest BCUT2D eigenvalue weighted by Gasteiger charge is -2.02. The summed E-state index contributed by atoms with van der Waals surface area (Å²) in [7, 11) is 0. The van der Waals surface area contributed by atoms with Crippen LogP contribution in [0.2, 0.25) is 0 Å². The third-order valence-electron chi connectivity index (χ3n) is 2.38. The highest BCUT2D eigenvalue weighted by Gasteiger charge is 2.14. The number of carbonyl (C=O) groups is 1. The van der Waals surface area contributed by atoms with Crippen molar-refractivity contribution in [3.8, 4) is 0 Å². The predicted molar refractivity (Wildman–Crippen MR) is 64.5 cm³/mol. The number of nitro groups is 1. The van der Waals surface area contributed by atoms with Gasteiger partial charge < -0.3 is 5.32 Å². The van der Waals surface area contributed by atoms with E-state index in [4.69, 9.17) is 0 Å². The minimum Gasteiger partial charge on any atom is -0.321 e. The van der Waals surface area contributed by atoms with E-state index in [0.29, 0.717) is 10.4 Å². The van der Waals surface area contributed by atoms with Crippen LogP contribution < -0.4 is 5.32 Å². The van der Waals surface area contributed by atoms with Crippen molar-refractivity contribution >= 4 is 17.3 Å². The quantitative estimate of drug-likeness (QED) is 0.688. The maximum absolute atomic E-state index is 12.3. The largest absolute Gasteiger partial charge is 0.333 e. The highest BCUT2D eigenvalue weighted by atomic mass is 19.3. The molecule has 1 heterocycles. The molecule has 0 saturated heterocycles. The second-order valence-electron chi connectivity index (χ2n) is 3.72. The van der Waals surface area contributed by atoms with Crippen molar-refractivity contribution in [1.82, 2.24) is 9.78 Å². The molecule has 1 aromatic carbocycles. The molecule has 0 fully saturated rings. The second kappa shape index (κ2) is 5.43. The number of aromatic nitrogens is 2. The highest BCUT2D eigenvalue weighted by Crippen LogP contribution is 2.16. The molecule has 0 aliphatic rings. The van der Waals surface area contributed by atoms with Gasteiger partial charge in [0.1, 0.15) is 0 Å². The highest BCUT2D eigenvalue weighted by molar-refractivity contribution is 6.02. The minimum atomic E-state index is -2.82. The fourth-order valence-electron chi connectivity index (χ4n) is 1.43. The smallest absolute Gasteiger partial charge is 0.321 e. The van der Waals surface area contributed by atoms with Crippen LogP contribution in [-0.4, -0.2) is 20.6 Å². The SMILES string of the molecule is O=C(Nc1ccc([N+](=O)[O-])cc1)c1ccn(C(F)F)n1. The Balaban J connectivity index is 2.08. The first-order chi connectivity index (χ1) is 9.47. The Hall–Kier alpha value is -2.84. The molecule has 9 heteroatoms. The number of carbonyl (C=O) groups excluding carboxylic acids is 1. The van der Waals surface area contributed by atoms with E-state index in [1.807, 2.05) is 0 Å². The van der Waals surface area contributed by atoms with Gasteiger partial charge in [-0.2, -0.15) is 13.9 Å². The molecule has 0 unspecified atom stereocenters. The number of nitrogens with zero attached hydrogens (tertiary/aromatic N) is 3. The number of rotatable bonds is 4. The summed E-state index contributed by atoms with van der Waals surface area (Å²) in [6, 6.07) is 6.24. The average Bonchev–Trinajstić information content (AvgIpc) is 2.89. The van der Waals surface area contributed by atoms with E-state index in [2.05, 4.69) is 10.4 Å². The predicted octanol–water partition coefficient (Wildman–Crippen LogP) is 2.44. The van der Waals surface area contributed by atoms with E-state index in [-0.39, 0.29) is 11.4 Å². The number of amides is 1. The summed E-state index contributed by atoms with van der Waals surface area (Å²) < 4.78 is 24.9. The van der Waals surface area contributed by atoms with Gasteiger partial charge in [-0.3, -0.25) is 14.9 Å². The Morgan fingerprint density at radius 2 is 1.95 bits per heavy atom. The van der Waals surface area contributed by atoms with Gasteiger partial charge in [-0.25, -0.2) is 4.68 Å². The van der Waals surface area contributed by atoms with Crippen molar-refractivity contribution in [3.05, 3.63) is 52.3 Å². The number of benzene rings is 1. The Morgan fingerprint density at radius 3 is 2.45 bits per heavy atom. The molecule has 0 aliphatic heterocycles. The summed E-state index contributed by atoms with van der Waals surface area (Å²) in [4.78, 5) is 21.6. The Kier molecular flexibility index (Phi) is 3.69. The molecular weight excluding hydrogens is 274 g/mol. The minimum absolute atomic E-state index is 0.120. The molecule has 1 amide bonds. The molecule has 0 aliphatic carbocycles. The molecule has 1 aromatic heterocycles. The summed E-state index contributed by atoms with van der Waals surface area (Å²) >= 11 is 0. The zero-order valence-electron chi connectivity index (χ0n) is 9.86. The molecule has 1 N–H and O–H groups in total. The number of hydrogen-bond donors (Lipinski definition) is 1. The first-order valence-corrected chi connectivity index (χ1v) is 5.36. The van der Waals surface area contributed by atoms with Crippen LogP contribution in [0.5, 0.6) is 0 Å². The van der Waals surface area contributed by atoms with Crippen LogP contribution >= 0.6 is 0 Å². The molecule has 7 nitrogen and oxygen atoms in total. The lowest BCUT2D eigenvalue weighted by atomic mass is 10.3. The molecule has 2 aromatic rings. The molecule has 0 spiro atoms. The van der Waals surface area contributed by atoms with Crippen molar-refractivity contribution in [3.63, 3.8) is 0 Å². The topological polar surface area (TPSA) is 90.1 Å². The molecule has 0 bridgehead atoms. The van der Waals surface area contributed by atoms with Gasteiger partial charge in [0.15, 0.2) is 5.69 Å². The molecule has 104 valence electrons. The molecule has 0 saturated carbocycles. The summed E-state index contributed by atoms with van der Waals surface area (Å²) in [5, 5.41) is 16.2. The maximum Gasteiger partial charge on any atom is 0.333 e. The lowest BCUT2D eigenvalue weighted by molar-refractivity contribution is -0.384. The van der Waals surface area contributed by atoms with E-state index in [9.17, 15) is 23.7 Å². The number of non-ortho nitro benzene ring substituents is 1. The maximum atomic E-state index is 12.3. The number of halogens is 2. The molecule has 20 heavy (non-hydrogen) atoms. The average molecular weight is 282 g/mol. The number of alkyl halides is 2. The Morgan fingerprint density at radius 1 is 1.30 bits per heavy atom. The van der Waals surface area contributed by atoms with E-state index in [1.54, 1.807) is 0 Å². The van der Waals surface area contributed by atoms with Crippen LogP contribution in [0.15, 0.2) is 36.5 Å². The van der Waals surface area contributed by atoms with Crippen LogP contribution in [-0.2, 0) is 0 Å². The van der Waals surface area contributed by atoms with Gasteiger partial charge >= 0.3 is 6.55 Å². The fourth-order valence-corrected chi connectivity index (χ4v) is 1.43. The van der Waals surface area contributed by atoms with Crippen molar-refractivity contribution in [1.29, 1.82) is 0 Å². The van der Waals surface area contributed by atoms with E-state index >= 15 is 0 Å². The normalized spacial score (nSPS) is 10.6. The second-order valence-corrected chi connectivity index (χ2v) is 3.72. The van der Waals surface area contributed by atoms with Gasteiger partial charge in [0.2, 0.25) is 0 Å². The van der Waals surface area contributed by atoms with E-state index in [0.717, 1.165) is 12.3 Å². The number of nitrogens with one attached hydrogen (secondary N) is 1.